The van der Waals surface area contributed by atoms with Crippen LogP contribution in [0.4, 0.5) is 5.69 Å². The van der Waals surface area contributed by atoms with E-state index in [0.29, 0.717) is 33.5 Å². The fraction of sp³-hybridized carbons (Fsp3) is 0.0357. The van der Waals surface area contributed by atoms with Crippen LogP contribution in [0, 0.1) is 6.92 Å². The van der Waals surface area contributed by atoms with Crippen LogP contribution in [0.15, 0.2) is 94.5 Å². The van der Waals surface area contributed by atoms with E-state index in [1.165, 1.54) is 12.1 Å². The molecule has 0 aliphatic carbocycles. The van der Waals surface area contributed by atoms with Crippen molar-refractivity contribution in [3.8, 4) is 11.1 Å². The summed E-state index contributed by atoms with van der Waals surface area (Å²) in [5, 5.41) is 7.10. The maximum atomic E-state index is 13.3. The summed E-state index contributed by atoms with van der Waals surface area (Å²) >= 11 is 0. The minimum absolute atomic E-state index is 0.0155. The molecule has 0 atom stereocenters. The molecule has 8 heteroatoms. The smallest absolute Gasteiger partial charge is 0.277 e. The van der Waals surface area contributed by atoms with E-state index in [-0.39, 0.29) is 11.3 Å². The number of aromatic amines is 1. The lowest BCUT2D eigenvalue weighted by Crippen LogP contribution is -2.19. The van der Waals surface area contributed by atoms with Gasteiger partial charge in [0.05, 0.1) is 5.56 Å². The molecule has 3 aromatic heterocycles. The fourth-order valence-corrected chi connectivity index (χ4v) is 3.90. The second-order valence-electron chi connectivity index (χ2n) is 8.09. The number of rotatable bonds is 6. The highest BCUT2D eigenvalue weighted by Gasteiger charge is 2.20. The van der Waals surface area contributed by atoms with Gasteiger partial charge in [-0.1, -0.05) is 47.6 Å². The molecular formula is C28H20N4O4. The lowest BCUT2D eigenvalue weighted by atomic mass is 9.94. The average molecular weight is 476 g/mol. The molecule has 0 saturated heterocycles. The third kappa shape index (κ3) is 4.60. The number of hydrogen-bond acceptors (Lipinski definition) is 6. The van der Waals surface area contributed by atoms with Crippen LogP contribution in [0.1, 0.15) is 32.2 Å². The number of anilines is 1. The van der Waals surface area contributed by atoms with E-state index >= 15 is 0 Å². The molecule has 0 aliphatic rings. The molecule has 0 unspecified atom stereocenters. The number of benzene rings is 2. The molecule has 2 aromatic carbocycles. The van der Waals surface area contributed by atoms with Crippen molar-refractivity contribution in [3.63, 3.8) is 0 Å². The molecule has 1 amide bonds. The van der Waals surface area contributed by atoms with E-state index in [2.05, 4.69) is 20.4 Å². The highest BCUT2D eigenvalue weighted by Crippen LogP contribution is 2.31. The molecule has 3 heterocycles. The van der Waals surface area contributed by atoms with Crippen LogP contribution in [0.5, 0.6) is 0 Å². The number of carbonyl (C=O) groups excluding carboxylic acids is 2. The summed E-state index contributed by atoms with van der Waals surface area (Å²) in [5.41, 5.74) is 2.44. The number of nitrogens with zero attached hydrogens (tertiary/aromatic N) is 2. The zero-order valence-electron chi connectivity index (χ0n) is 19.2. The Balaban J connectivity index is 1.63. The van der Waals surface area contributed by atoms with Crippen LogP contribution in [0.3, 0.4) is 0 Å². The Bertz CT molecular complexity index is 1670. The standard InChI is InChI=1S/C28H20N4O4/c1-17-14-23(32-36-17)27(34)30-20-10-11-22-21(15-20)25(19-8-5-13-29-16-19)26(28(35)31-22)24(33)12-9-18-6-3-2-4-7-18/h2-16H,1H3,(H,30,34)(H,31,35). The van der Waals surface area contributed by atoms with E-state index < -0.39 is 17.2 Å². The molecule has 0 aliphatic heterocycles. The number of ketones is 1. The third-order valence-electron chi connectivity index (χ3n) is 5.56. The van der Waals surface area contributed by atoms with Gasteiger partial charge in [0, 0.05) is 46.2 Å². The molecule has 0 saturated carbocycles. The van der Waals surface area contributed by atoms with Gasteiger partial charge in [0.25, 0.3) is 11.5 Å². The third-order valence-corrected chi connectivity index (χ3v) is 5.56. The van der Waals surface area contributed by atoms with Crippen molar-refractivity contribution in [2.24, 2.45) is 0 Å². The Kier molecular flexibility index (Phi) is 6.07. The maximum Gasteiger partial charge on any atom is 0.277 e. The van der Waals surface area contributed by atoms with E-state index in [0.717, 1.165) is 5.56 Å². The number of aromatic nitrogens is 3. The SMILES string of the molecule is Cc1cc(C(=O)Nc2ccc3[nH]c(=O)c(C(=O)C=Cc4ccccc4)c(-c4cccnc4)c3c2)no1. The van der Waals surface area contributed by atoms with E-state index in [4.69, 9.17) is 4.52 Å². The van der Waals surface area contributed by atoms with Crippen LogP contribution in [0.25, 0.3) is 28.1 Å². The molecule has 8 nitrogen and oxygen atoms in total. The van der Waals surface area contributed by atoms with Crippen LogP contribution >= 0.6 is 0 Å². The molecule has 0 fully saturated rings. The summed E-state index contributed by atoms with van der Waals surface area (Å²) in [6.07, 6.45) is 6.25. The number of nitrogens with one attached hydrogen (secondary N) is 2. The average Bonchev–Trinajstić information content (AvgIpc) is 3.34. The maximum absolute atomic E-state index is 13.3. The number of aryl methyl sites for hydroxylation is 1. The van der Waals surface area contributed by atoms with Gasteiger partial charge in [-0.15, -0.1) is 0 Å². The first kappa shape index (κ1) is 22.7. The van der Waals surface area contributed by atoms with E-state index in [1.54, 1.807) is 55.7 Å². The lowest BCUT2D eigenvalue weighted by Gasteiger charge is -2.13. The number of H-pyrrole nitrogens is 1. The zero-order valence-corrected chi connectivity index (χ0v) is 19.2. The zero-order chi connectivity index (χ0) is 25.1. The molecule has 5 aromatic rings. The fourth-order valence-electron chi connectivity index (χ4n) is 3.90. The number of carbonyl (C=O) groups is 2. The molecule has 5 rings (SSSR count). The number of pyridine rings is 2. The molecule has 176 valence electrons. The lowest BCUT2D eigenvalue weighted by molar-refractivity contribution is 0.101. The van der Waals surface area contributed by atoms with Gasteiger partial charge in [0.15, 0.2) is 11.5 Å². The Hall–Kier alpha value is -5.11. The van der Waals surface area contributed by atoms with Gasteiger partial charge >= 0.3 is 0 Å². The summed E-state index contributed by atoms with van der Waals surface area (Å²) in [6.45, 7) is 1.70. The van der Waals surface area contributed by atoms with Gasteiger partial charge < -0.3 is 14.8 Å². The van der Waals surface area contributed by atoms with Gasteiger partial charge in [-0.3, -0.25) is 19.4 Å². The first-order chi connectivity index (χ1) is 17.5. The van der Waals surface area contributed by atoms with Crippen LogP contribution in [-0.2, 0) is 0 Å². The normalized spacial score (nSPS) is 11.1. The Labute approximate surface area is 205 Å². The summed E-state index contributed by atoms with van der Waals surface area (Å²) < 4.78 is 4.98. The largest absolute Gasteiger partial charge is 0.361 e. The van der Waals surface area contributed by atoms with Crippen LogP contribution in [0.2, 0.25) is 0 Å². The molecule has 36 heavy (non-hydrogen) atoms. The van der Waals surface area contributed by atoms with E-state index in [1.807, 2.05) is 30.3 Å². The van der Waals surface area contributed by atoms with Crippen molar-refractivity contribution >= 4 is 34.4 Å². The van der Waals surface area contributed by atoms with Crippen molar-refractivity contribution in [2.75, 3.05) is 5.32 Å². The van der Waals surface area contributed by atoms with Crippen LogP contribution in [-0.4, -0.2) is 26.8 Å². The minimum Gasteiger partial charge on any atom is -0.361 e. The molecule has 0 spiro atoms. The van der Waals surface area contributed by atoms with E-state index in [9.17, 15) is 14.4 Å². The van der Waals surface area contributed by atoms with Gasteiger partial charge in [0.1, 0.15) is 5.76 Å². The van der Waals surface area contributed by atoms with Crippen molar-refractivity contribution < 1.29 is 14.1 Å². The second kappa shape index (κ2) is 9.63. The van der Waals surface area contributed by atoms with Gasteiger partial charge in [0.2, 0.25) is 0 Å². The Morgan fingerprint density at radius 3 is 2.58 bits per heavy atom. The first-order valence-corrected chi connectivity index (χ1v) is 11.1. The highest BCUT2D eigenvalue weighted by molar-refractivity contribution is 6.15. The summed E-state index contributed by atoms with van der Waals surface area (Å²) in [7, 11) is 0. The van der Waals surface area contributed by atoms with Crippen molar-refractivity contribution in [3.05, 3.63) is 118 Å². The van der Waals surface area contributed by atoms with Gasteiger partial charge in [-0.25, -0.2) is 0 Å². The monoisotopic (exact) mass is 476 g/mol. The van der Waals surface area contributed by atoms with Gasteiger partial charge in [-0.2, -0.15) is 0 Å². The summed E-state index contributed by atoms with van der Waals surface area (Å²) in [5.74, 6) is -0.379. The topological polar surface area (TPSA) is 118 Å². The van der Waals surface area contributed by atoms with Crippen molar-refractivity contribution in [1.29, 1.82) is 0 Å². The highest BCUT2D eigenvalue weighted by atomic mass is 16.5. The second-order valence-corrected chi connectivity index (χ2v) is 8.09. The van der Waals surface area contributed by atoms with Crippen molar-refractivity contribution in [2.45, 2.75) is 6.92 Å². The Morgan fingerprint density at radius 2 is 1.86 bits per heavy atom. The summed E-state index contributed by atoms with van der Waals surface area (Å²) in [6, 6.07) is 19.4. The number of hydrogen-bond donors (Lipinski definition) is 2. The first-order valence-electron chi connectivity index (χ1n) is 11.1. The molecular weight excluding hydrogens is 456 g/mol. The summed E-state index contributed by atoms with van der Waals surface area (Å²) in [4.78, 5) is 46.0. The predicted molar refractivity (Wildman–Crippen MR) is 137 cm³/mol. The van der Waals surface area contributed by atoms with Crippen molar-refractivity contribution in [1.82, 2.24) is 15.1 Å². The quantitative estimate of drug-likeness (QED) is 0.262. The number of fused-ring (bicyclic) bond motifs is 1. The molecule has 0 radical (unpaired) electrons. The number of amides is 1. The minimum atomic E-state index is -0.515. The number of allylic oxidation sites excluding steroid dienone is 1. The van der Waals surface area contributed by atoms with Crippen LogP contribution < -0.4 is 10.9 Å². The van der Waals surface area contributed by atoms with Gasteiger partial charge in [-0.05, 0) is 42.8 Å². The predicted octanol–water partition coefficient (Wildman–Crippen LogP) is 5.03. The molecule has 2 N–H and O–H groups in total. The molecule has 0 bridgehead atoms. The Morgan fingerprint density at radius 1 is 1.03 bits per heavy atom.